The SMILES string of the molecule is CCc1cc(C(=O)N2CCCCCC2C)nc2cc(-c3ccc(C4CC4(F)F)cc3F)nn12. The average Bonchev–Trinajstić information content (AvgIpc) is 3.31. The summed E-state index contributed by atoms with van der Waals surface area (Å²) >= 11 is 0. The van der Waals surface area contributed by atoms with Gasteiger partial charge in [0.15, 0.2) is 5.65 Å². The molecule has 33 heavy (non-hydrogen) atoms. The van der Waals surface area contributed by atoms with Crippen molar-refractivity contribution < 1.29 is 18.0 Å². The number of amides is 1. The lowest BCUT2D eigenvalue weighted by atomic mass is 10.1. The van der Waals surface area contributed by atoms with Crippen LogP contribution in [-0.2, 0) is 6.42 Å². The molecule has 1 saturated heterocycles. The van der Waals surface area contributed by atoms with Crippen molar-refractivity contribution in [3.05, 3.63) is 53.1 Å². The molecule has 8 heteroatoms. The Morgan fingerprint density at radius 3 is 2.67 bits per heavy atom. The van der Waals surface area contributed by atoms with Crippen LogP contribution in [0.1, 0.15) is 73.6 Å². The van der Waals surface area contributed by atoms with E-state index in [1.165, 1.54) is 18.2 Å². The van der Waals surface area contributed by atoms with E-state index in [1.807, 2.05) is 11.8 Å². The highest BCUT2D eigenvalue weighted by molar-refractivity contribution is 5.93. The molecule has 0 N–H and O–H groups in total. The third-order valence-electron chi connectivity index (χ3n) is 6.89. The largest absolute Gasteiger partial charge is 0.335 e. The van der Waals surface area contributed by atoms with Crippen molar-refractivity contribution in [2.45, 2.75) is 70.3 Å². The third-order valence-corrected chi connectivity index (χ3v) is 6.89. The van der Waals surface area contributed by atoms with Gasteiger partial charge in [0.2, 0.25) is 0 Å². The molecule has 3 heterocycles. The molecule has 5 rings (SSSR count). The van der Waals surface area contributed by atoms with Crippen LogP contribution in [0, 0.1) is 5.82 Å². The number of aryl methyl sites for hydroxylation is 1. The molecule has 2 fully saturated rings. The lowest BCUT2D eigenvalue weighted by molar-refractivity contribution is 0.0691. The molecule has 1 aromatic carbocycles. The van der Waals surface area contributed by atoms with Gasteiger partial charge in [-0.3, -0.25) is 4.79 Å². The highest BCUT2D eigenvalue weighted by Crippen LogP contribution is 2.55. The fraction of sp³-hybridized carbons (Fsp3) is 0.480. The van der Waals surface area contributed by atoms with Crippen LogP contribution in [0.15, 0.2) is 30.3 Å². The Labute approximate surface area is 190 Å². The number of benzene rings is 1. The van der Waals surface area contributed by atoms with Gasteiger partial charge in [-0.25, -0.2) is 22.7 Å². The number of carbonyl (C=O) groups is 1. The maximum atomic E-state index is 14.8. The van der Waals surface area contributed by atoms with E-state index in [2.05, 4.69) is 17.0 Å². The van der Waals surface area contributed by atoms with Crippen molar-refractivity contribution in [2.75, 3.05) is 6.54 Å². The van der Waals surface area contributed by atoms with Crippen LogP contribution in [0.5, 0.6) is 0 Å². The molecule has 0 spiro atoms. The standard InChI is InChI=1S/C25H27F3N4O/c1-3-17-12-22(24(33)31-10-6-4-5-7-15(31)2)29-23-13-21(30-32(17)23)18-9-8-16(11-20(18)26)19-14-25(19,27)28/h8-9,11-13,15,19H,3-7,10,14H2,1-2H3. The lowest BCUT2D eigenvalue weighted by Crippen LogP contribution is -2.38. The number of aromatic nitrogens is 3. The number of hydrogen-bond donors (Lipinski definition) is 0. The van der Waals surface area contributed by atoms with E-state index in [4.69, 9.17) is 0 Å². The second kappa shape index (κ2) is 8.15. The quantitative estimate of drug-likeness (QED) is 0.512. The number of nitrogens with zero attached hydrogens (tertiary/aromatic N) is 4. The molecule has 5 nitrogen and oxygen atoms in total. The second-order valence-corrected chi connectivity index (χ2v) is 9.24. The predicted molar refractivity (Wildman–Crippen MR) is 119 cm³/mol. The average molecular weight is 457 g/mol. The molecule has 0 radical (unpaired) electrons. The van der Waals surface area contributed by atoms with E-state index in [1.54, 1.807) is 16.6 Å². The van der Waals surface area contributed by atoms with Gasteiger partial charge in [-0.1, -0.05) is 25.8 Å². The van der Waals surface area contributed by atoms with Gasteiger partial charge in [0.25, 0.3) is 11.8 Å². The zero-order valence-corrected chi connectivity index (χ0v) is 18.8. The monoisotopic (exact) mass is 456 g/mol. The highest BCUT2D eigenvalue weighted by Gasteiger charge is 2.57. The van der Waals surface area contributed by atoms with Gasteiger partial charge in [0.05, 0.1) is 11.6 Å². The minimum Gasteiger partial charge on any atom is -0.335 e. The van der Waals surface area contributed by atoms with Gasteiger partial charge in [-0.2, -0.15) is 5.10 Å². The van der Waals surface area contributed by atoms with Crippen molar-refractivity contribution in [3.8, 4) is 11.3 Å². The Balaban J connectivity index is 1.50. The van der Waals surface area contributed by atoms with Gasteiger partial charge in [-0.05, 0) is 49.9 Å². The number of fused-ring (bicyclic) bond motifs is 1. The fourth-order valence-corrected chi connectivity index (χ4v) is 4.78. The van der Waals surface area contributed by atoms with E-state index >= 15 is 0 Å². The molecule has 1 aliphatic heterocycles. The van der Waals surface area contributed by atoms with E-state index < -0.39 is 17.7 Å². The van der Waals surface area contributed by atoms with Gasteiger partial charge in [-0.15, -0.1) is 0 Å². The zero-order valence-electron chi connectivity index (χ0n) is 18.8. The Hall–Kier alpha value is -2.90. The first-order chi connectivity index (χ1) is 15.8. The summed E-state index contributed by atoms with van der Waals surface area (Å²) in [7, 11) is 0. The van der Waals surface area contributed by atoms with Gasteiger partial charge in [0, 0.05) is 36.3 Å². The number of hydrogen-bond acceptors (Lipinski definition) is 3. The van der Waals surface area contributed by atoms with Crippen LogP contribution in [0.2, 0.25) is 0 Å². The summed E-state index contributed by atoms with van der Waals surface area (Å²) in [6.07, 6.45) is 4.58. The predicted octanol–water partition coefficient (Wildman–Crippen LogP) is 5.63. The summed E-state index contributed by atoms with van der Waals surface area (Å²) in [5.41, 5.74) is 2.52. The second-order valence-electron chi connectivity index (χ2n) is 9.24. The van der Waals surface area contributed by atoms with Crippen molar-refractivity contribution >= 4 is 11.6 Å². The summed E-state index contributed by atoms with van der Waals surface area (Å²) in [5.74, 6) is -4.34. The summed E-state index contributed by atoms with van der Waals surface area (Å²) < 4.78 is 43.2. The first-order valence-electron chi connectivity index (χ1n) is 11.7. The molecule has 1 saturated carbocycles. The normalized spacial score (nSPS) is 22.4. The summed E-state index contributed by atoms with van der Waals surface area (Å²) in [5, 5.41) is 4.52. The minimum absolute atomic E-state index is 0.0924. The molecule has 2 aromatic heterocycles. The van der Waals surface area contributed by atoms with E-state index in [-0.39, 0.29) is 23.9 Å². The molecule has 3 aromatic rings. The summed E-state index contributed by atoms with van der Waals surface area (Å²) in [6, 6.07) is 7.78. The minimum atomic E-state index is -2.75. The molecular weight excluding hydrogens is 429 g/mol. The Bertz CT molecular complexity index is 1220. The third kappa shape index (κ3) is 4.00. The van der Waals surface area contributed by atoms with Crippen LogP contribution >= 0.6 is 0 Å². The van der Waals surface area contributed by atoms with E-state index in [0.717, 1.165) is 37.9 Å². The lowest BCUT2D eigenvalue weighted by Gasteiger charge is -2.27. The molecule has 1 aliphatic carbocycles. The molecule has 2 atom stereocenters. The van der Waals surface area contributed by atoms with E-state index in [9.17, 15) is 18.0 Å². The van der Waals surface area contributed by atoms with Crippen LogP contribution < -0.4 is 0 Å². The maximum Gasteiger partial charge on any atom is 0.272 e. The van der Waals surface area contributed by atoms with Crippen LogP contribution in [0.4, 0.5) is 13.2 Å². The van der Waals surface area contributed by atoms with Crippen molar-refractivity contribution in [3.63, 3.8) is 0 Å². The zero-order chi connectivity index (χ0) is 23.3. The smallest absolute Gasteiger partial charge is 0.272 e. The molecule has 2 unspecified atom stereocenters. The number of likely N-dealkylation sites (tertiary alicyclic amines) is 1. The van der Waals surface area contributed by atoms with Gasteiger partial charge >= 0.3 is 0 Å². The van der Waals surface area contributed by atoms with E-state index in [0.29, 0.717) is 29.0 Å². The van der Waals surface area contributed by atoms with Crippen LogP contribution in [0.25, 0.3) is 16.9 Å². The Kier molecular flexibility index (Phi) is 5.41. The number of rotatable bonds is 4. The highest BCUT2D eigenvalue weighted by atomic mass is 19.3. The van der Waals surface area contributed by atoms with Crippen LogP contribution in [0.3, 0.4) is 0 Å². The van der Waals surface area contributed by atoms with Crippen molar-refractivity contribution in [1.82, 2.24) is 19.5 Å². The Morgan fingerprint density at radius 2 is 1.97 bits per heavy atom. The topological polar surface area (TPSA) is 50.5 Å². The molecule has 0 bridgehead atoms. The fourth-order valence-electron chi connectivity index (χ4n) is 4.78. The maximum absolute atomic E-state index is 14.8. The van der Waals surface area contributed by atoms with Gasteiger partial charge < -0.3 is 4.90 Å². The summed E-state index contributed by atoms with van der Waals surface area (Å²) in [4.78, 5) is 19.7. The number of halogens is 3. The molecule has 2 aliphatic rings. The van der Waals surface area contributed by atoms with Crippen LogP contribution in [-0.4, -0.2) is 43.9 Å². The summed E-state index contributed by atoms with van der Waals surface area (Å²) in [6.45, 7) is 4.75. The molecule has 1 amide bonds. The molecule has 174 valence electrons. The van der Waals surface area contributed by atoms with Crippen molar-refractivity contribution in [2.24, 2.45) is 0 Å². The molecular formula is C25H27F3N4O. The number of alkyl halides is 2. The number of carbonyl (C=O) groups excluding carboxylic acids is 1. The Morgan fingerprint density at radius 1 is 1.18 bits per heavy atom. The van der Waals surface area contributed by atoms with Crippen molar-refractivity contribution in [1.29, 1.82) is 0 Å². The first kappa shape index (κ1) is 21.9. The first-order valence-corrected chi connectivity index (χ1v) is 11.7. The van der Waals surface area contributed by atoms with Gasteiger partial charge in [0.1, 0.15) is 11.5 Å².